The van der Waals surface area contributed by atoms with E-state index in [4.69, 9.17) is 0 Å². The summed E-state index contributed by atoms with van der Waals surface area (Å²) in [5, 5.41) is 3.49. The van der Waals surface area contributed by atoms with Crippen molar-refractivity contribution in [1.82, 2.24) is 5.32 Å². The summed E-state index contributed by atoms with van der Waals surface area (Å²) in [4.78, 5) is 0. The minimum Gasteiger partial charge on any atom is -0.316 e. The van der Waals surface area contributed by atoms with Crippen LogP contribution in [0.1, 0.15) is 33.1 Å². The molecule has 1 nitrogen and oxygen atoms in total. The Balaban J connectivity index is 0.000000720. The van der Waals surface area contributed by atoms with Gasteiger partial charge in [-0.1, -0.05) is 13.8 Å². The SMILES string of the molecule is CNC1C2CCC(C2)C1(C)C.Cl. The zero-order valence-electron chi connectivity index (χ0n) is 8.26. The summed E-state index contributed by atoms with van der Waals surface area (Å²) in [6.07, 6.45) is 4.44. The van der Waals surface area contributed by atoms with E-state index in [1.165, 1.54) is 19.3 Å². The van der Waals surface area contributed by atoms with Gasteiger partial charge in [0, 0.05) is 6.04 Å². The van der Waals surface area contributed by atoms with Crippen molar-refractivity contribution in [3.63, 3.8) is 0 Å². The second kappa shape index (κ2) is 3.19. The van der Waals surface area contributed by atoms with Crippen molar-refractivity contribution in [3.8, 4) is 0 Å². The molecule has 0 radical (unpaired) electrons. The number of rotatable bonds is 1. The Kier molecular flexibility index (Phi) is 2.75. The smallest absolute Gasteiger partial charge is 0.0146 e. The van der Waals surface area contributed by atoms with E-state index in [9.17, 15) is 0 Å². The van der Waals surface area contributed by atoms with Gasteiger partial charge in [0.1, 0.15) is 0 Å². The van der Waals surface area contributed by atoms with Crippen LogP contribution in [0.5, 0.6) is 0 Å². The van der Waals surface area contributed by atoms with Crippen LogP contribution in [0.4, 0.5) is 0 Å². The van der Waals surface area contributed by atoms with Gasteiger partial charge in [0.05, 0.1) is 0 Å². The van der Waals surface area contributed by atoms with E-state index in [1.807, 2.05) is 0 Å². The van der Waals surface area contributed by atoms with Crippen LogP contribution in [0, 0.1) is 17.3 Å². The Morgan fingerprint density at radius 1 is 1.25 bits per heavy atom. The monoisotopic (exact) mass is 189 g/mol. The highest BCUT2D eigenvalue weighted by Gasteiger charge is 2.51. The number of hydrogen-bond donors (Lipinski definition) is 1. The summed E-state index contributed by atoms with van der Waals surface area (Å²) >= 11 is 0. The highest BCUT2D eigenvalue weighted by atomic mass is 35.5. The van der Waals surface area contributed by atoms with Gasteiger partial charge < -0.3 is 5.32 Å². The molecule has 2 fully saturated rings. The molecule has 0 amide bonds. The lowest BCUT2D eigenvalue weighted by atomic mass is 9.73. The molecule has 72 valence electrons. The van der Waals surface area contributed by atoms with E-state index in [0.717, 1.165) is 17.9 Å². The molecule has 0 aromatic carbocycles. The summed E-state index contributed by atoms with van der Waals surface area (Å²) in [6, 6.07) is 0.793. The predicted molar refractivity (Wildman–Crippen MR) is 54.7 cm³/mol. The summed E-state index contributed by atoms with van der Waals surface area (Å²) in [7, 11) is 2.12. The van der Waals surface area contributed by atoms with Gasteiger partial charge in [0.15, 0.2) is 0 Å². The number of fused-ring (bicyclic) bond motifs is 2. The van der Waals surface area contributed by atoms with Crippen molar-refractivity contribution in [2.24, 2.45) is 17.3 Å². The molecule has 0 saturated heterocycles. The number of nitrogens with one attached hydrogen (secondary N) is 1. The molecule has 12 heavy (non-hydrogen) atoms. The van der Waals surface area contributed by atoms with E-state index in [-0.39, 0.29) is 12.4 Å². The lowest BCUT2D eigenvalue weighted by molar-refractivity contribution is 0.158. The Labute approximate surface area is 81.7 Å². The predicted octanol–water partition coefficient (Wildman–Crippen LogP) is 2.45. The average molecular weight is 190 g/mol. The van der Waals surface area contributed by atoms with Gasteiger partial charge in [-0.2, -0.15) is 0 Å². The topological polar surface area (TPSA) is 12.0 Å². The van der Waals surface area contributed by atoms with E-state index in [1.54, 1.807) is 0 Å². The third kappa shape index (κ3) is 1.18. The molecule has 2 saturated carbocycles. The molecule has 2 rings (SSSR count). The van der Waals surface area contributed by atoms with Gasteiger partial charge in [-0.05, 0) is 43.6 Å². The largest absolute Gasteiger partial charge is 0.316 e. The molecule has 2 aliphatic rings. The fraction of sp³-hybridized carbons (Fsp3) is 1.00. The van der Waals surface area contributed by atoms with Crippen molar-refractivity contribution in [3.05, 3.63) is 0 Å². The molecule has 0 heterocycles. The van der Waals surface area contributed by atoms with Crippen LogP contribution in [0.2, 0.25) is 0 Å². The molecule has 0 aliphatic heterocycles. The number of halogens is 1. The van der Waals surface area contributed by atoms with Gasteiger partial charge in [-0.15, -0.1) is 12.4 Å². The maximum Gasteiger partial charge on any atom is 0.0146 e. The Morgan fingerprint density at radius 3 is 2.25 bits per heavy atom. The van der Waals surface area contributed by atoms with Crippen LogP contribution in [0.3, 0.4) is 0 Å². The molecule has 0 aromatic heterocycles. The first-order valence-corrected chi connectivity index (χ1v) is 4.83. The zero-order chi connectivity index (χ0) is 8.06. The van der Waals surface area contributed by atoms with Crippen LogP contribution >= 0.6 is 12.4 Å². The first-order chi connectivity index (χ1) is 5.16. The van der Waals surface area contributed by atoms with Crippen molar-refractivity contribution in [2.45, 2.75) is 39.2 Å². The van der Waals surface area contributed by atoms with Crippen LogP contribution in [-0.2, 0) is 0 Å². The lowest BCUT2D eigenvalue weighted by Crippen LogP contribution is -2.44. The van der Waals surface area contributed by atoms with E-state index in [2.05, 4.69) is 26.2 Å². The van der Waals surface area contributed by atoms with Crippen molar-refractivity contribution in [2.75, 3.05) is 7.05 Å². The minimum atomic E-state index is 0. The summed E-state index contributed by atoms with van der Waals surface area (Å²) in [5.74, 6) is 1.99. The third-order valence-corrected chi connectivity index (χ3v) is 4.11. The maximum atomic E-state index is 3.49. The Hall–Kier alpha value is 0.250. The molecule has 1 N–H and O–H groups in total. The number of hydrogen-bond acceptors (Lipinski definition) is 1. The maximum absolute atomic E-state index is 3.49. The van der Waals surface area contributed by atoms with Crippen molar-refractivity contribution in [1.29, 1.82) is 0 Å². The first kappa shape index (κ1) is 10.3. The van der Waals surface area contributed by atoms with Gasteiger partial charge in [0.25, 0.3) is 0 Å². The van der Waals surface area contributed by atoms with Crippen LogP contribution < -0.4 is 5.32 Å². The normalized spacial score (nSPS) is 42.8. The van der Waals surface area contributed by atoms with E-state index in [0.29, 0.717) is 5.41 Å². The van der Waals surface area contributed by atoms with Crippen molar-refractivity contribution >= 4 is 12.4 Å². The Bertz CT molecular complexity index is 167. The molecular weight excluding hydrogens is 170 g/mol. The fourth-order valence-corrected chi connectivity index (χ4v) is 3.46. The minimum absolute atomic E-state index is 0. The van der Waals surface area contributed by atoms with Crippen LogP contribution in [-0.4, -0.2) is 13.1 Å². The molecule has 2 bridgehead atoms. The molecule has 2 heteroatoms. The molecule has 0 spiro atoms. The lowest BCUT2D eigenvalue weighted by Gasteiger charge is -2.38. The van der Waals surface area contributed by atoms with E-state index >= 15 is 0 Å². The highest BCUT2D eigenvalue weighted by Crippen LogP contribution is 2.55. The standard InChI is InChI=1S/C10H19N.ClH/c1-10(2)8-5-4-7(6-8)9(10)11-3;/h7-9,11H,4-6H2,1-3H3;1H. The van der Waals surface area contributed by atoms with Gasteiger partial charge in [-0.25, -0.2) is 0 Å². The molecule has 3 unspecified atom stereocenters. The van der Waals surface area contributed by atoms with Gasteiger partial charge >= 0.3 is 0 Å². The summed E-state index contributed by atoms with van der Waals surface area (Å²) in [5.41, 5.74) is 0.567. The third-order valence-electron chi connectivity index (χ3n) is 4.11. The van der Waals surface area contributed by atoms with Crippen LogP contribution in [0.15, 0.2) is 0 Å². The zero-order valence-corrected chi connectivity index (χ0v) is 9.08. The van der Waals surface area contributed by atoms with Gasteiger partial charge in [-0.3, -0.25) is 0 Å². The van der Waals surface area contributed by atoms with Gasteiger partial charge in [0.2, 0.25) is 0 Å². The first-order valence-electron chi connectivity index (χ1n) is 4.83. The Morgan fingerprint density at radius 2 is 1.92 bits per heavy atom. The fourth-order valence-electron chi connectivity index (χ4n) is 3.46. The second-order valence-electron chi connectivity index (χ2n) is 4.86. The summed E-state index contributed by atoms with van der Waals surface area (Å²) < 4.78 is 0. The molecular formula is C10H20ClN. The van der Waals surface area contributed by atoms with E-state index < -0.39 is 0 Å². The highest BCUT2D eigenvalue weighted by molar-refractivity contribution is 5.85. The average Bonchev–Trinajstić information content (AvgIpc) is 2.44. The van der Waals surface area contributed by atoms with Crippen LogP contribution in [0.25, 0.3) is 0 Å². The van der Waals surface area contributed by atoms with Crippen molar-refractivity contribution < 1.29 is 0 Å². The molecule has 0 aromatic rings. The summed E-state index contributed by atoms with van der Waals surface area (Å²) in [6.45, 7) is 4.86. The second-order valence-corrected chi connectivity index (χ2v) is 4.86. The molecule has 3 atom stereocenters. The molecule has 2 aliphatic carbocycles. The quantitative estimate of drug-likeness (QED) is 0.669.